The first-order valence-electron chi connectivity index (χ1n) is 12.4. The largest absolute Gasteiger partial charge is 0.573 e. The molecular weight excluding hydrogens is 569 g/mol. The molecule has 4 aromatic rings. The third kappa shape index (κ3) is 7.28. The molecule has 0 saturated carbocycles. The average molecular weight is 596 g/mol. The van der Waals surface area contributed by atoms with Gasteiger partial charge in [0, 0.05) is 24.7 Å². The van der Waals surface area contributed by atoms with Crippen LogP contribution in [0.1, 0.15) is 32.8 Å². The van der Waals surface area contributed by atoms with Crippen molar-refractivity contribution in [1.82, 2.24) is 14.1 Å². The third-order valence-electron chi connectivity index (χ3n) is 5.73. The van der Waals surface area contributed by atoms with Crippen molar-refractivity contribution in [3.63, 3.8) is 0 Å². The lowest BCUT2D eigenvalue weighted by Crippen LogP contribution is -2.45. The highest BCUT2D eigenvalue weighted by Crippen LogP contribution is 2.28. The Labute approximate surface area is 236 Å². The summed E-state index contributed by atoms with van der Waals surface area (Å²) in [6.07, 6.45) is -5.13. The molecule has 0 aliphatic rings. The summed E-state index contributed by atoms with van der Waals surface area (Å²) in [6, 6.07) is 11.6. The van der Waals surface area contributed by atoms with E-state index in [4.69, 9.17) is 21.1 Å². The van der Waals surface area contributed by atoms with Gasteiger partial charge in [-0.1, -0.05) is 29.8 Å². The molecule has 0 aliphatic carbocycles. The second-order valence-electron chi connectivity index (χ2n) is 10.1. The standard InChI is InChI=1S/C27H26ClF3N4O6/c1-26(2,3)41-20(36)12-13-34-23(37)21-22(33(4)25(34)38)32-24(35(21)15-16-8-10-17(28)11-9-16)39-18-6-5-7-19(14-18)40-27(29,30)31/h5-11,14H,12-13,15H2,1-4H3/p+1. The van der Waals surface area contributed by atoms with Gasteiger partial charge in [0.25, 0.3) is 11.2 Å². The molecule has 4 rings (SSSR count). The van der Waals surface area contributed by atoms with Gasteiger partial charge in [-0.3, -0.25) is 18.7 Å². The number of carbonyl (C=O) groups is 1. The highest BCUT2D eigenvalue weighted by Gasteiger charge is 2.32. The molecule has 2 aromatic carbocycles. The Morgan fingerprint density at radius 3 is 2.34 bits per heavy atom. The van der Waals surface area contributed by atoms with Gasteiger partial charge in [0.1, 0.15) is 23.6 Å². The second-order valence-corrected chi connectivity index (χ2v) is 10.5. The van der Waals surface area contributed by atoms with Crippen LogP contribution in [0.15, 0.2) is 58.1 Å². The van der Waals surface area contributed by atoms with Crippen LogP contribution in [0, 0.1) is 0 Å². The predicted octanol–water partition coefficient (Wildman–Crippen LogP) is 4.44. The monoisotopic (exact) mass is 595 g/mol. The molecule has 0 amide bonds. The van der Waals surface area contributed by atoms with Crippen LogP contribution in [-0.4, -0.2) is 32.1 Å². The van der Waals surface area contributed by atoms with Crippen LogP contribution in [0.5, 0.6) is 17.5 Å². The topological polar surface area (TPSA) is 108 Å². The van der Waals surface area contributed by atoms with E-state index in [1.807, 2.05) is 0 Å². The van der Waals surface area contributed by atoms with Gasteiger partial charge in [0.2, 0.25) is 0 Å². The van der Waals surface area contributed by atoms with Crippen molar-refractivity contribution in [3.05, 3.63) is 80.0 Å². The van der Waals surface area contributed by atoms with Gasteiger partial charge in [-0.05, 0) is 50.6 Å². The molecule has 2 heterocycles. The molecule has 0 fully saturated rings. The van der Waals surface area contributed by atoms with Crippen LogP contribution in [0.25, 0.3) is 11.2 Å². The number of H-pyrrole nitrogens is 1. The van der Waals surface area contributed by atoms with Gasteiger partial charge < -0.3 is 14.2 Å². The maximum absolute atomic E-state index is 13.7. The quantitative estimate of drug-likeness (QED) is 0.238. The van der Waals surface area contributed by atoms with Crippen molar-refractivity contribution >= 4 is 28.7 Å². The molecule has 0 radical (unpaired) electrons. The first kappa shape index (κ1) is 29.7. The summed E-state index contributed by atoms with van der Waals surface area (Å²) in [4.78, 5) is 42.0. The zero-order chi connectivity index (χ0) is 30.1. The van der Waals surface area contributed by atoms with Gasteiger partial charge in [0.15, 0.2) is 0 Å². The number of esters is 1. The van der Waals surface area contributed by atoms with Gasteiger partial charge in [-0.2, -0.15) is 9.55 Å². The molecule has 41 heavy (non-hydrogen) atoms. The lowest BCUT2D eigenvalue weighted by molar-refractivity contribution is -0.667. The van der Waals surface area contributed by atoms with Crippen molar-refractivity contribution in [3.8, 4) is 17.5 Å². The minimum absolute atomic E-state index is 0.0292. The summed E-state index contributed by atoms with van der Waals surface area (Å²) in [7, 11) is 1.43. The van der Waals surface area contributed by atoms with E-state index in [2.05, 4.69) is 9.72 Å². The highest BCUT2D eigenvalue weighted by molar-refractivity contribution is 6.30. The van der Waals surface area contributed by atoms with Crippen molar-refractivity contribution in [2.75, 3.05) is 0 Å². The molecule has 0 spiro atoms. The third-order valence-corrected chi connectivity index (χ3v) is 5.98. The normalized spacial score (nSPS) is 12.0. The number of rotatable bonds is 8. The van der Waals surface area contributed by atoms with E-state index in [0.29, 0.717) is 10.6 Å². The molecule has 0 unspecified atom stereocenters. The molecule has 14 heteroatoms. The Morgan fingerprint density at radius 2 is 1.71 bits per heavy atom. The lowest BCUT2D eigenvalue weighted by Gasteiger charge is -2.19. The van der Waals surface area contributed by atoms with Crippen molar-refractivity contribution in [2.24, 2.45) is 7.05 Å². The van der Waals surface area contributed by atoms with Gasteiger partial charge in [0.05, 0.1) is 6.42 Å². The van der Waals surface area contributed by atoms with E-state index in [9.17, 15) is 27.6 Å². The first-order chi connectivity index (χ1) is 19.1. The number of alkyl halides is 3. The first-order valence-corrected chi connectivity index (χ1v) is 12.7. The highest BCUT2D eigenvalue weighted by atomic mass is 35.5. The van der Waals surface area contributed by atoms with Crippen LogP contribution >= 0.6 is 11.6 Å². The van der Waals surface area contributed by atoms with Crippen molar-refractivity contribution < 1.29 is 36.7 Å². The number of aromatic amines is 1. The summed E-state index contributed by atoms with van der Waals surface area (Å²) >= 11 is 6.01. The average Bonchev–Trinajstić information content (AvgIpc) is 3.20. The summed E-state index contributed by atoms with van der Waals surface area (Å²) in [6.45, 7) is 4.93. The van der Waals surface area contributed by atoms with Crippen LogP contribution in [0.2, 0.25) is 5.02 Å². The van der Waals surface area contributed by atoms with E-state index < -0.39 is 34.9 Å². The Hall–Kier alpha value is -4.26. The summed E-state index contributed by atoms with van der Waals surface area (Å²) in [5.41, 5.74) is -1.32. The summed E-state index contributed by atoms with van der Waals surface area (Å²) < 4.78 is 57.0. The molecule has 2 aromatic heterocycles. The number of ether oxygens (including phenoxy) is 3. The zero-order valence-corrected chi connectivity index (χ0v) is 23.3. The number of hydrogen-bond acceptors (Lipinski definition) is 6. The fourth-order valence-corrected chi connectivity index (χ4v) is 4.18. The number of benzene rings is 2. The number of carbonyl (C=O) groups excluding carboxylic acids is 1. The zero-order valence-electron chi connectivity index (χ0n) is 22.5. The van der Waals surface area contributed by atoms with E-state index in [0.717, 1.165) is 16.7 Å². The molecule has 0 bridgehead atoms. The molecular formula is C27H27ClF3N4O6+. The second kappa shape index (κ2) is 11.3. The van der Waals surface area contributed by atoms with Gasteiger partial charge in [-0.25, -0.2) is 4.79 Å². The maximum Gasteiger partial charge on any atom is 0.573 e. The predicted molar refractivity (Wildman–Crippen MR) is 142 cm³/mol. The molecule has 0 aliphatic heterocycles. The summed E-state index contributed by atoms with van der Waals surface area (Å²) in [5.74, 6) is -1.12. The van der Waals surface area contributed by atoms with Gasteiger partial charge in [-0.15, -0.1) is 13.2 Å². The Kier molecular flexibility index (Phi) is 8.20. The van der Waals surface area contributed by atoms with Crippen LogP contribution < -0.4 is 25.3 Å². The molecule has 0 saturated heterocycles. The maximum atomic E-state index is 13.7. The lowest BCUT2D eigenvalue weighted by atomic mass is 10.2. The van der Waals surface area contributed by atoms with Crippen molar-refractivity contribution in [2.45, 2.75) is 52.2 Å². The molecule has 1 N–H and O–H groups in total. The summed E-state index contributed by atoms with van der Waals surface area (Å²) in [5, 5.41) is 0.488. The number of nitrogens with one attached hydrogen (secondary N) is 1. The smallest absolute Gasteiger partial charge is 0.460 e. The minimum atomic E-state index is -4.91. The number of fused-ring (bicyclic) bond motifs is 1. The number of imidazole rings is 1. The van der Waals surface area contributed by atoms with Crippen LogP contribution in [0.3, 0.4) is 0 Å². The number of nitrogens with zero attached hydrogens (tertiary/aromatic N) is 3. The van der Waals surface area contributed by atoms with E-state index >= 15 is 0 Å². The van der Waals surface area contributed by atoms with E-state index in [1.165, 1.54) is 28.3 Å². The van der Waals surface area contributed by atoms with Crippen LogP contribution in [0.4, 0.5) is 13.2 Å². The fraction of sp³-hybridized carbons (Fsp3) is 0.333. The number of aryl methyl sites for hydroxylation is 1. The van der Waals surface area contributed by atoms with Crippen LogP contribution in [-0.2, 0) is 29.7 Å². The SMILES string of the molecule is Cn1c(=O)n(CCC(=O)OC(C)(C)C)c(=O)c2c1[nH]c(Oc1cccc(OC(F)(F)F)c1)[n+]2Cc1ccc(Cl)cc1. The number of halogens is 4. The van der Waals surface area contributed by atoms with Crippen molar-refractivity contribution in [1.29, 1.82) is 0 Å². The Balaban J connectivity index is 1.81. The minimum Gasteiger partial charge on any atom is -0.460 e. The number of aromatic nitrogens is 4. The Bertz CT molecular complexity index is 1700. The fourth-order valence-electron chi connectivity index (χ4n) is 4.05. The number of hydrogen-bond donors (Lipinski definition) is 1. The molecule has 10 nitrogen and oxygen atoms in total. The van der Waals surface area contributed by atoms with E-state index in [1.54, 1.807) is 45.0 Å². The Morgan fingerprint density at radius 1 is 1.05 bits per heavy atom. The molecule has 218 valence electrons. The molecule has 0 atom stereocenters. The van der Waals surface area contributed by atoms with Gasteiger partial charge >= 0.3 is 29.6 Å². The van der Waals surface area contributed by atoms with E-state index in [-0.39, 0.29) is 42.4 Å².